The van der Waals surface area contributed by atoms with Crippen molar-refractivity contribution in [3.05, 3.63) is 33.9 Å². The van der Waals surface area contributed by atoms with E-state index in [1.54, 1.807) is 13.0 Å². The molecule has 0 aromatic heterocycles. The predicted octanol–water partition coefficient (Wildman–Crippen LogP) is -2.10. The van der Waals surface area contributed by atoms with Crippen LogP contribution in [-0.4, -0.2) is 85.4 Å². The van der Waals surface area contributed by atoms with Crippen LogP contribution in [-0.2, 0) is 29.1 Å². The number of Topliss-reactive ketones (excluding diaryl/α,β-unsaturated/α-hetero) is 1. The standard InChI is InChI=1S/C20H28O10/c1-8-15(24)11-4-9(5-21)10(12(6-22)14(11)16(8)25)2-3-29-20-19(28)18(27)17(26)13(7-23)30-20/h4,8,13,15,17-24,26-28H,2-3,5-7H2,1H3/t8-,13-,15-,17-,18+,19-,20-/m1/s1. The van der Waals surface area contributed by atoms with E-state index in [1.807, 2.05) is 0 Å². The first-order chi connectivity index (χ1) is 14.3. The van der Waals surface area contributed by atoms with E-state index >= 15 is 0 Å². The molecule has 0 bridgehead atoms. The minimum Gasteiger partial charge on any atom is -0.394 e. The van der Waals surface area contributed by atoms with E-state index in [1.165, 1.54) is 0 Å². The minimum atomic E-state index is -1.57. The van der Waals surface area contributed by atoms with Crippen molar-refractivity contribution in [2.24, 2.45) is 5.92 Å². The maximum Gasteiger partial charge on any atom is 0.186 e. The lowest BCUT2D eigenvalue weighted by Crippen LogP contribution is -2.59. The summed E-state index contributed by atoms with van der Waals surface area (Å²) in [4.78, 5) is 12.5. The quantitative estimate of drug-likeness (QED) is 0.254. The second-order valence-electron chi connectivity index (χ2n) is 7.69. The van der Waals surface area contributed by atoms with E-state index in [0.717, 1.165) is 0 Å². The van der Waals surface area contributed by atoms with E-state index in [-0.39, 0.29) is 31.0 Å². The Kier molecular flexibility index (Phi) is 7.23. The van der Waals surface area contributed by atoms with Gasteiger partial charge in [-0.05, 0) is 34.7 Å². The van der Waals surface area contributed by atoms with Crippen LogP contribution in [0.3, 0.4) is 0 Å². The maximum atomic E-state index is 12.5. The van der Waals surface area contributed by atoms with E-state index in [0.29, 0.717) is 22.3 Å². The highest BCUT2D eigenvalue weighted by molar-refractivity contribution is 6.04. The van der Waals surface area contributed by atoms with Crippen LogP contribution in [0.2, 0.25) is 0 Å². The van der Waals surface area contributed by atoms with Crippen molar-refractivity contribution >= 4 is 5.78 Å². The molecule has 7 N–H and O–H groups in total. The molecule has 0 saturated carbocycles. The molecule has 1 aliphatic heterocycles. The Morgan fingerprint density at radius 2 is 1.70 bits per heavy atom. The number of rotatable bonds is 7. The first kappa shape index (κ1) is 23.2. The number of hydrogen-bond acceptors (Lipinski definition) is 10. The highest BCUT2D eigenvalue weighted by Gasteiger charge is 2.44. The molecular weight excluding hydrogens is 400 g/mol. The Hall–Kier alpha value is -1.47. The van der Waals surface area contributed by atoms with Gasteiger partial charge in [-0.25, -0.2) is 0 Å². The fourth-order valence-electron chi connectivity index (χ4n) is 4.14. The van der Waals surface area contributed by atoms with Crippen molar-refractivity contribution in [2.45, 2.75) is 63.4 Å². The Labute approximate surface area is 172 Å². The number of ketones is 1. The molecule has 1 saturated heterocycles. The fraction of sp³-hybridized carbons (Fsp3) is 0.650. The van der Waals surface area contributed by atoms with Crippen LogP contribution in [0.15, 0.2) is 6.07 Å². The van der Waals surface area contributed by atoms with Crippen molar-refractivity contribution in [3.8, 4) is 0 Å². The summed E-state index contributed by atoms with van der Waals surface area (Å²) in [5.41, 5.74) is 1.84. The largest absolute Gasteiger partial charge is 0.394 e. The van der Waals surface area contributed by atoms with Crippen molar-refractivity contribution in [1.82, 2.24) is 0 Å². The van der Waals surface area contributed by atoms with Gasteiger partial charge in [0.1, 0.15) is 24.4 Å². The van der Waals surface area contributed by atoms with Gasteiger partial charge in [-0.2, -0.15) is 0 Å². The summed E-state index contributed by atoms with van der Waals surface area (Å²) >= 11 is 0. The number of carbonyl (C=O) groups is 1. The van der Waals surface area contributed by atoms with E-state index in [4.69, 9.17) is 9.47 Å². The van der Waals surface area contributed by atoms with E-state index in [2.05, 4.69) is 0 Å². The molecule has 30 heavy (non-hydrogen) atoms. The van der Waals surface area contributed by atoms with Crippen molar-refractivity contribution < 1.29 is 50.0 Å². The zero-order valence-corrected chi connectivity index (χ0v) is 16.5. The lowest BCUT2D eigenvalue weighted by Gasteiger charge is -2.39. The molecule has 10 heteroatoms. The van der Waals surface area contributed by atoms with Gasteiger partial charge in [-0.15, -0.1) is 0 Å². The Bertz CT molecular complexity index is 779. The minimum absolute atomic E-state index is 0.0756. The third-order valence-corrected chi connectivity index (χ3v) is 5.94. The van der Waals surface area contributed by atoms with Crippen LogP contribution in [0.5, 0.6) is 0 Å². The molecule has 1 fully saturated rings. The second-order valence-corrected chi connectivity index (χ2v) is 7.69. The summed E-state index contributed by atoms with van der Waals surface area (Å²) in [6.07, 6.45) is -7.90. The van der Waals surface area contributed by atoms with Crippen LogP contribution in [0, 0.1) is 5.92 Å². The van der Waals surface area contributed by atoms with Crippen molar-refractivity contribution in [3.63, 3.8) is 0 Å². The lowest BCUT2D eigenvalue weighted by molar-refractivity contribution is -0.300. The zero-order chi connectivity index (χ0) is 22.2. The van der Waals surface area contributed by atoms with Crippen LogP contribution in [0.4, 0.5) is 0 Å². The van der Waals surface area contributed by atoms with Gasteiger partial charge in [0, 0.05) is 11.5 Å². The molecule has 10 nitrogen and oxygen atoms in total. The number of benzene rings is 1. The predicted molar refractivity (Wildman–Crippen MR) is 100 cm³/mol. The smallest absolute Gasteiger partial charge is 0.186 e. The fourth-order valence-corrected chi connectivity index (χ4v) is 4.14. The maximum absolute atomic E-state index is 12.5. The SMILES string of the molecule is C[C@H]1C(=O)c2c(cc(CO)c(CCO[C@@H]3O[C@H](CO)[C@@H](O)[C@H](O)[C@H]3O)c2CO)[C@@H]1O. The summed E-state index contributed by atoms with van der Waals surface area (Å²) in [7, 11) is 0. The van der Waals surface area contributed by atoms with Crippen LogP contribution < -0.4 is 0 Å². The van der Waals surface area contributed by atoms with Gasteiger partial charge in [0.05, 0.1) is 32.5 Å². The number of aliphatic hydroxyl groups excluding tert-OH is 7. The first-order valence-electron chi connectivity index (χ1n) is 9.80. The van der Waals surface area contributed by atoms with Gasteiger partial charge >= 0.3 is 0 Å². The number of hydrogen-bond donors (Lipinski definition) is 7. The molecule has 168 valence electrons. The molecule has 1 aromatic carbocycles. The second kappa shape index (κ2) is 9.35. The summed E-state index contributed by atoms with van der Waals surface area (Å²) in [5, 5.41) is 68.9. The average Bonchev–Trinajstić information content (AvgIpc) is 2.96. The molecule has 1 aromatic rings. The lowest BCUT2D eigenvalue weighted by atomic mass is 9.91. The number of carbonyl (C=O) groups excluding carboxylic acids is 1. The normalized spacial score (nSPS) is 33.7. The van der Waals surface area contributed by atoms with E-state index in [9.17, 15) is 40.5 Å². The Morgan fingerprint density at radius 1 is 1.00 bits per heavy atom. The summed E-state index contributed by atoms with van der Waals surface area (Å²) in [6, 6.07) is 1.55. The van der Waals surface area contributed by atoms with Gasteiger partial charge in [0.15, 0.2) is 12.1 Å². The topological polar surface area (TPSA) is 177 Å². The first-order valence-corrected chi connectivity index (χ1v) is 9.80. The molecule has 0 spiro atoms. The molecular formula is C20H28O10. The molecule has 1 heterocycles. The molecule has 0 radical (unpaired) electrons. The van der Waals surface area contributed by atoms with Gasteiger partial charge in [-0.3, -0.25) is 4.79 Å². The van der Waals surface area contributed by atoms with E-state index < -0.39 is 55.9 Å². The third kappa shape index (κ3) is 3.91. The number of fused-ring (bicyclic) bond motifs is 1. The summed E-state index contributed by atoms with van der Waals surface area (Å²) in [5.74, 6) is -0.945. The average molecular weight is 428 g/mol. The number of aliphatic hydroxyl groups is 7. The highest BCUT2D eigenvalue weighted by atomic mass is 16.7. The van der Waals surface area contributed by atoms with Crippen LogP contribution in [0.25, 0.3) is 0 Å². The molecule has 3 rings (SSSR count). The third-order valence-electron chi connectivity index (χ3n) is 5.94. The molecule has 0 unspecified atom stereocenters. The van der Waals surface area contributed by atoms with Gasteiger partial charge in [-0.1, -0.05) is 6.92 Å². The highest BCUT2D eigenvalue weighted by Crippen LogP contribution is 2.40. The van der Waals surface area contributed by atoms with Gasteiger partial charge in [0.2, 0.25) is 0 Å². The van der Waals surface area contributed by atoms with Gasteiger partial charge < -0.3 is 45.2 Å². The van der Waals surface area contributed by atoms with Crippen molar-refractivity contribution in [1.29, 1.82) is 0 Å². The molecule has 2 aliphatic rings. The Balaban J connectivity index is 1.80. The van der Waals surface area contributed by atoms with Gasteiger partial charge in [0.25, 0.3) is 0 Å². The summed E-state index contributed by atoms with van der Waals surface area (Å²) < 4.78 is 10.8. The molecule has 0 amide bonds. The number of ether oxygens (including phenoxy) is 2. The van der Waals surface area contributed by atoms with Crippen LogP contribution >= 0.6 is 0 Å². The van der Waals surface area contributed by atoms with Crippen molar-refractivity contribution in [2.75, 3.05) is 13.2 Å². The zero-order valence-electron chi connectivity index (χ0n) is 16.5. The monoisotopic (exact) mass is 428 g/mol. The molecule has 7 atom stereocenters. The van der Waals surface area contributed by atoms with Crippen LogP contribution in [0.1, 0.15) is 45.6 Å². The molecule has 1 aliphatic carbocycles. The summed E-state index contributed by atoms with van der Waals surface area (Å²) in [6.45, 7) is 0.0751. The Morgan fingerprint density at radius 3 is 2.30 bits per heavy atom.